The Balaban J connectivity index is 1.71. The molecule has 1 unspecified atom stereocenters. The lowest BCUT2D eigenvalue weighted by Crippen LogP contribution is -2.41. The minimum absolute atomic E-state index is 0.0980. The molecule has 36 heavy (non-hydrogen) atoms. The van der Waals surface area contributed by atoms with Crippen LogP contribution in [0.2, 0.25) is 0 Å². The van der Waals surface area contributed by atoms with E-state index >= 15 is 0 Å². The van der Waals surface area contributed by atoms with Gasteiger partial charge < -0.3 is 25.3 Å². The van der Waals surface area contributed by atoms with E-state index in [4.69, 9.17) is 19.9 Å². The number of methoxy groups -OCH3 is 1. The summed E-state index contributed by atoms with van der Waals surface area (Å²) in [6.07, 6.45) is -3.15. The molecule has 1 aliphatic heterocycles. The highest BCUT2D eigenvalue weighted by atomic mass is 19.4. The summed E-state index contributed by atoms with van der Waals surface area (Å²) in [6.45, 7) is 5.92. The summed E-state index contributed by atoms with van der Waals surface area (Å²) in [5, 5.41) is 3.47. The van der Waals surface area contributed by atoms with Gasteiger partial charge in [0.2, 0.25) is 0 Å². The van der Waals surface area contributed by atoms with Gasteiger partial charge in [0.1, 0.15) is 23.1 Å². The van der Waals surface area contributed by atoms with Crippen molar-refractivity contribution in [3.05, 3.63) is 47.0 Å². The Kier molecular flexibility index (Phi) is 6.87. The van der Waals surface area contributed by atoms with Crippen LogP contribution >= 0.6 is 0 Å². The quantitative estimate of drug-likeness (QED) is 0.315. The summed E-state index contributed by atoms with van der Waals surface area (Å²) in [6, 6.07) is 5.13. The van der Waals surface area contributed by atoms with Crippen molar-refractivity contribution in [1.29, 1.82) is 0 Å². The number of hydrogen-bond donors (Lipinski definition) is 2. The van der Waals surface area contributed by atoms with E-state index in [-0.39, 0.29) is 23.9 Å². The molecule has 2 aromatic carbocycles. The zero-order chi connectivity index (χ0) is 26.3. The second-order valence-electron chi connectivity index (χ2n) is 9.24. The van der Waals surface area contributed by atoms with Crippen LogP contribution in [0.4, 0.5) is 29.1 Å². The van der Waals surface area contributed by atoms with Gasteiger partial charge in [-0.3, -0.25) is 0 Å². The third kappa shape index (κ3) is 5.25. The largest absolute Gasteiger partial charge is 0.493 e. The molecule has 0 aliphatic carbocycles. The van der Waals surface area contributed by atoms with E-state index < -0.39 is 23.2 Å². The Morgan fingerprint density at radius 3 is 2.53 bits per heavy atom. The maximum absolute atomic E-state index is 14.6. The molecular weight excluding hydrogens is 480 g/mol. The molecule has 7 nitrogen and oxygen atoms in total. The van der Waals surface area contributed by atoms with E-state index in [1.165, 1.54) is 7.11 Å². The molecule has 1 fully saturated rings. The van der Waals surface area contributed by atoms with Crippen LogP contribution in [0.25, 0.3) is 10.9 Å². The van der Waals surface area contributed by atoms with E-state index in [2.05, 4.69) is 15.3 Å². The topological polar surface area (TPSA) is 91.5 Å². The number of nitrogen functional groups attached to an aromatic ring is 1. The molecule has 0 bridgehead atoms. The number of benzene rings is 2. The van der Waals surface area contributed by atoms with Crippen LogP contribution in [0.3, 0.4) is 0 Å². The Morgan fingerprint density at radius 2 is 1.89 bits per heavy atom. The number of nitrogens with two attached hydrogens (primary N) is 1. The fraction of sp³-hybridized carbons (Fsp3) is 0.440. The molecule has 1 atom stereocenters. The average Bonchev–Trinajstić information content (AvgIpc) is 3.34. The smallest absolute Gasteiger partial charge is 0.419 e. The number of aryl methyl sites for hydroxylation is 1. The molecule has 1 aromatic heterocycles. The average molecular weight is 509 g/mol. The number of ether oxygens (including phenoxy) is 3. The molecule has 0 radical (unpaired) electrons. The summed E-state index contributed by atoms with van der Waals surface area (Å²) in [5.74, 6) is 0.202. The molecule has 2 heterocycles. The molecule has 194 valence electrons. The Bertz CT molecular complexity index is 1270. The third-order valence-corrected chi connectivity index (χ3v) is 6.09. The van der Waals surface area contributed by atoms with Crippen LogP contribution in [-0.4, -0.2) is 35.4 Å². The maximum atomic E-state index is 14.6. The molecule has 3 N–H and O–H groups in total. The van der Waals surface area contributed by atoms with E-state index in [1.807, 2.05) is 13.8 Å². The van der Waals surface area contributed by atoms with Crippen molar-refractivity contribution >= 4 is 22.4 Å². The van der Waals surface area contributed by atoms with Gasteiger partial charge in [-0.05, 0) is 51.8 Å². The van der Waals surface area contributed by atoms with Gasteiger partial charge in [0.25, 0.3) is 0 Å². The van der Waals surface area contributed by atoms with Gasteiger partial charge in [-0.15, -0.1) is 0 Å². The molecule has 11 heteroatoms. The number of anilines is 2. The van der Waals surface area contributed by atoms with Crippen LogP contribution in [0.5, 0.6) is 11.5 Å². The standard InChI is InChI=1S/C25H28F4N4O3/c1-13-32-18-11-19(34-4)20(36-24(2,3)21-6-5-7-35-21)10-16(18)23(33-13)31-12-14-8-15(30)9-17(22(14)26)25(27,28)29/h8-11,21H,5-7,12,30H2,1-4H3,(H,31,32,33). The van der Waals surface area contributed by atoms with Crippen molar-refractivity contribution < 1.29 is 31.8 Å². The number of rotatable bonds is 7. The van der Waals surface area contributed by atoms with Crippen LogP contribution in [0.1, 0.15) is 43.6 Å². The summed E-state index contributed by atoms with van der Waals surface area (Å²) in [7, 11) is 1.52. The van der Waals surface area contributed by atoms with E-state index in [1.54, 1.807) is 19.1 Å². The maximum Gasteiger partial charge on any atom is 0.419 e. The minimum Gasteiger partial charge on any atom is -0.493 e. The van der Waals surface area contributed by atoms with E-state index in [0.29, 0.717) is 46.7 Å². The number of nitrogens with one attached hydrogen (secondary N) is 1. The number of aromatic nitrogens is 2. The number of nitrogens with zero attached hydrogens (tertiary/aromatic N) is 2. The SMILES string of the molecule is COc1cc2nc(C)nc(NCc3cc(N)cc(C(F)(F)F)c3F)c2cc1OC(C)(C)C1CCCO1. The zero-order valence-corrected chi connectivity index (χ0v) is 20.4. The summed E-state index contributed by atoms with van der Waals surface area (Å²) >= 11 is 0. The van der Waals surface area contributed by atoms with Crippen molar-refractivity contribution in [2.24, 2.45) is 0 Å². The molecule has 0 spiro atoms. The summed E-state index contributed by atoms with van der Waals surface area (Å²) < 4.78 is 72.0. The molecule has 3 aromatic rings. The van der Waals surface area contributed by atoms with E-state index in [9.17, 15) is 17.6 Å². The normalized spacial score (nSPS) is 16.4. The predicted molar refractivity (Wildman–Crippen MR) is 128 cm³/mol. The first-order valence-electron chi connectivity index (χ1n) is 11.4. The number of fused-ring (bicyclic) bond motifs is 1. The van der Waals surface area contributed by atoms with Gasteiger partial charge in [-0.1, -0.05) is 0 Å². The highest BCUT2D eigenvalue weighted by Gasteiger charge is 2.37. The van der Waals surface area contributed by atoms with Crippen LogP contribution < -0.4 is 20.5 Å². The number of hydrogen-bond acceptors (Lipinski definition) is 7. The van der Waals surface area contributed by atoms with Crippen molar-refractivity contribution in [2.45, 2.75) is 58.0 Å². The Labute approximate surface area is 206 Å². The molecule has 0 saturated carbocycles. The second kappa shape index (κ2) is 9.61. The number of halogens is 4. The molecule has 1 saturated heterocycles. The van der Waals surface area contributed by atoms with Crippen LogP contribution in [-0.2, 0) is 17.5 Å². The third-order valence-electron chi connectivity index (χ3n) is 6.09. The molecule has 0 amide bonds. The number of alkyl halides is 3. The lowest BCUT2D eigenvalue weighted by atomic mass is 9.99. The van der Waals surface area contributed by atoms with Crippen molar-refractivity contribution in [3.8, 4) is 11.5 Å². The fourth-order valence-electron chi connectivity index (χ4n) is 4.32. The van der Waals surface area contributed by atoms with Gasteiger partial charge >= 0.3 is 6.18 Å². The predicted octanol–water partition coefficient (Wildman–Crippen LogP) is 5.64. The van der Waals surface area contributed by atoms with Gasteiger partial charge in [-0.2, -0.15) is 13.2 Å². The van der Waals surface area contributed by atoms with Crippen molar-refractivity contribution in [2.75, 3.05) is 24.8 Å². The summed E-state index contributed by atoms with van der Waals surface area (Å²) in [5.41, 5.74) is 3.62. The van der Waals surface area contributed by atoms with Gasteiger partial charge in [0, 0.05) is 35.9 Å². The van der Waals surface area contributed by atoms with Gasteiger partial charge in [0.05, 0.1) is 24.3 Å². The Morgan fingerprint density at radius 1 is 1.14 bits per heavy atom. The lowest BCUT2D eigenvalue weighted by Gasteiger charge is -2.32. The second-order valence-corrected chi connectivity index (χ2v) is 9.24. The van der Waals surface area contributed by atoms with E-state index in [0.717, 1.165) is 18.9 Å². The minimum atomic E-state index is -4.87. The first kappa shape index (κ1) is 25.7. The monoisotopic (exact) mass is 508 g/mol. The molecular formula is C25H28F4N4O3. The van der Waals surface area contributed by atoms with Gasteiger partial charge in [0.15, 0.2) is 11.5 Å². The lowest BCUT2D eigenvalue weighted by molar-refractivity contribution is -0.140. The van der Waals surface area contributed by atoms with Gasteiger partial charge in [-0.25, -0.2) is 14.4 Å². The van der Waals surface area contributed by atoms with Crippen LogP contribution in [0.15, 0.2) is 24.3 Å². The molecule has 4 rings (SSSR count). The zero-order valence-electron chi connectivity index (χ0n) is 20.4. The highest BCUT2D eigenvalue weighted by Crippen LogP contribution is 2.39. The Hall–Kier alpha value is -3.34. The van der Waals surface area contributed by atoms with Crippen molar-refractivity contribution in [1.82, 2.24) is 9.97 Å². The summed E-state index contributed by atoms with van der Waals surface area (Å²) in [4.78, 5) is 8.83. The van der Waals surface area contributed by atoms with Crippen LogP contribution in [0, 0.1) is 12.7 Å². The highest BCUT2D eigenvalue weighted by molar-refractivity contribution is 5.91. The molecule has 1 aliphatic rings. The first-order valence-corrected chi connectivity index (χ1v) is 11.4. The first-order chi connectivity index (χ1) is 16.9. The fourth-order valence-corrected chi connectivity index (χ4v) is 4.32. The van der Waals surface area contributed by atoms with Crippen molar-refractivity contribution in [3.63, 3.8) is 0 Å².